The minimum Gasteiger partial charge on any atom is -0.467 e. The zero-order valence-corrected chi connectivity index (χ0v) is 27.2. The number of pyridine rings is 1. The monoisotopic (exact) mass is 609 g/mol. The van der Waals surface area contributed by atoms with Gasteiger partial charge in [-0.3, -0.25) is 4.98 Å². The van der Waals surface area contributed by atoms with Crippen molar-refractivity contribution in [2.75, 3.05) is 31.7 Å². The van der Waals surface area contributed by atoms with Crippen LogP contribution in [0.25, 0.3) is 28.0 Å². The number of hydrogen-bond acceptors (Lipinski definition) is 8. The van der Waals surface area contributed by atoms with E-state index in [9.17, 15) is 4.79 Å². The average molecular weight is 610 g/mol. The normalized spacial score (nSPS) is 18.1. The fourth-order valence-electron chi connectivity index (χ4n) is 6.29. The molecule has 45 heavy (non-hydrogen) atoms. The summed E-state index contributed by atoms with van der Waals surface area (Å²) in [4.78, 5) is 25.3. The minimum absolute atomic E-state index is 0.267. The Kier molecular flexibility index (Phi) is 8.50. The van der Waals surface area contributed by atoms with Gasteiger partial charge in [-0.25, -0.2) is 9.78 Å². The number of methoxy groups -OCH3 is 1. The number of carbonyl (C=O) groups excluding carboxylic acids is 1. The van der Waals surface area contributed by atoms with E-state index >= 15 is 0 Å². The molecule has 0 unspecified atom stereocenters. The van der Waals surface area contributed by atoms with Crippen LogP contribution in [0.1, 0.15) is 70.0 Å². The van der Waals surface area contributed by atoms with Gasteiger partial charge in [0.1, 0.15) is 5.82 Å². The number of hydrogen-bond donors (Lipinski definition) is 0. The largest absolute Gasteiger partial charge is 0.467 e. The SMILES string of the molecule is COC(=O)[C@@H](OC(C)(C)C)c1c(C)nc2cc3nn2c1N1CCC(C)(CC1)OC/C=C/CCc1ncccc1-c1cccc-3c1. The van der Waals surface area contributed by atoms with Crippen LogP contribution in [0.3, 0.4) is 0 Å². The second-order valence-electron chi connectivity index (χ2n) is 13.2. The first-order chi connectivity index (χ1) is 21.5. The summed E-state index contributed by atoms with van der Waals surface area (Å²) in [6.45, 7) is 11.9. The van der Waals surface area contributed by atoms with Gasteiger partial charge in [0.2, 0.25) is 0 Å². The van der Waals surface area contributed by atoms with Gasteiger partial charge in [-0.2, -0.15) is 9.61 Å². The van der Waals surface area contributed by atoms with Crippen LogP contribution in [0, 0.1) is 6.92 Å². The Bertz CT molecular complexity index is 1730. The molecule has 1 atom stereocenters. The third-order valence-electron chi connectivity index (χ3n) is 8.68. The van der Waals surface area contributed by atoms with E-state index in [1.165, 1.54) is 7.11 Å². The molecule has 1 saturated heterocycles. The van der Waals surface area contributed by atoms with Crippen molar-refractivity contribution < 1.29 is 19.0 Å². The molecular weight excluding hydrogens is 566 g/mol. The Hall–Kier alpha value is -4.08. The van der Waals surface area contributed by atoms with E-state index in [0.717, 1.165) is 72.7 Å². The molecule has 0 radical (unpaired) electrons. The number of allylic oxidation sites excluding steroid dienone is 1. The first kappa shape index (κ1) is 30.9. The van der Waals surface area contributed by atoms with Gasteiger partial charge < -0.3 is 19.1 Å². The molecule has 3 aromatic heterocycles. The van der Waals surface area contributed by atoms with E-state index in [0.29, 0.717) is 23.5 Å². The fraction of sp³-hybridized carbons (Fsp3) is 0.444. The molecular formula is C36H43N5O4. The Morgan fingerprint density at radius 1 is 1.07 bits per heavy atom. The number of esters is 1. The smallest absolute Gasteiger partial charge is 0.339 e. The van der Waals surface area contributed by atoms with Crippen LogP contribution < -0.4 is 4.90 Å². The molecule has 4 aromatic rings. The van der Waals surface area contributed by atoms with Gasteiger partial charge in [0.15, 0.2) is 11.8 Å². The maximum atomic E-state index is 13.3. The molecule has 0 spiro atoms. The quantitative estimate of drug-likeness (QED) is 0.188. The summed E-state index contributed by atoms with van der Waals surface area (Å²) in [5.41, 5.74) is 6.24. The Labute approximate surface area is 265 Å². The molecule has 1 aromatic carbocycles. The van der Waals surface area contributed by atoms with Gasteiger partial charge in [0.05, 0.1) is 36.2 Å². The third kappa shape index (κ3) is 6.51. The number of benzene rings is 1. The van der Waals surface area contributed by atoms with Crippen LogP contribution in [0.15, 0.2) is 60.8 Å². The van der Waals surface area contributed by atoms with Gasteiger partial charge in [0, 0.05) is 47.9 Å². The topological polar surface area (TPSA) is 91.1 Å². The van der Waals surface area contributed by atoms with Crippen molar-refractivity contribution in [2.24, 2.45) is 0 Å². The lowest BCUT2D eigenvalue weighted by atomic mass is 9.92. The molecule has 0 amide bonds. The number of piperidine rings is 1. The van der Waals surface area contributed by atoms with Crippen molar-refractivity contribution in [1.29, 1.82) is 0 Å². The van der Waals surface area contributed by atoms with Crippen molar-refractivity contribution in [3.63, 3.8) is 0 Å². The van der Waals surface area contributed by atoms with Crippen molar-refractivity contribution in [1.82, 2.24) is 19.6 Å². The van der Waals surface area contributed by atoms with Crippen molar-refractivity contribution >= 4 is 17.4 Å². The number of aromatic nitrogens is 4. The lowest BCUT2D eigenvalue weighted by Gasteiger charge is -2.41. The summed E-state index contributed by atoms with van der Waals surface area (Å²) < 4.78 is 20.0. The average Bonchev–Trinajstić information content (AvgIpc) is 3.44. The summed E-state index contributed by atoms with van der Waals surface area (Å²) in [5, 5.41) is 5.15. The first-order valence-electron chi connectivity index (χ1n) is 15.8. The van der Waals surface area contributed by atoms with E-state index in [1.807, 2.05) is 50.5 Å². The molecule has 1 fully saturated rings. The third-order valence-corrected chi connectivity index (χ3v) is 8.68. The number of ether oxygens (including phenoxy) is 3. The molecule has 0 aliphatic carbocycles. The van der Waals surface area contributed by atoms with E-state index in [4.69, 9.17) is 29.3 Å². The predicted octanol–water partition coefficient (Wildman–Crippen LogP) is 6.67. The molecule has 3 aliphatic rings. The second kappa shape index (κ2) is 12.4. The zero-order chi connectivity index (χ0) is 31.8. The highest BCUT2D eigenvalue weighted by Gasteiger charge is 2.38. The van der Waals surface area contributed by atoms with Crippen molar-refractivity contribution in [2.45, 2.75) is 77.6 Å². The molecule has 6 bridgehead atoms. The molecule has 3 aliphatic heterocycles. The van der Waals surface area contributed by atoms with Gasteiger partial charge in [0.25, 0.3) is 0 Å². The fourth-order valence-corrected chi connectivity index (χ4v) is 6.29. The molecule has 7 rings (SSSR count). The second-order valence-corrected chi connectivity index (χ2v) is 13.2. The van der Waals surface area contributed by atoms with Crippen LogP contribution in [-0.2, 0) is 25.4 Å². The molecule has 0 N–H and O–H groups in total. The van der Waals surface area contributed by atoms with Crippen LogP contribution >= 0.6 is 0 Å². The Morgan fingerprint density at radius 3 is 2.60 bits per heavy atom. The summed E-state index contributed by atoms with van der Waals surface area (Å²) in [6, 6.07) is 14.5. The first-order valence-corrected chi connectivity index (χ1v) is 15.8. The number of anilines is 1. The molecule has 6 heterocycles. The predicted molar refractivity (Wildman–Crippen MR) is 175 cm³/mol. The van der Waals surface area contributed by atoms with Crippen LogP contribution in [-0.4, -0.2) is 63.6 Å². The van der Waals surface area contributed by atoms with Crippen molar-refractivity contribution in [3.8, 4) is 22.4 Å². The highest BCUT2D eigenvalue weighted by molar-refractivity contribution is 5.81. The van der Waals surface area contributed by atoms with E-state index in [-0.39, 0.29) is 5.60 Å². The Morgan fingerprint density at radius 2 is 1.84 bits per heavy atom. The van der Waals surface area contributed by atoms with E-state index in [1.54, 1.807) is 0 Å². The summed E-state index contributed by atoms with van der Waals surface area (Å²) in [7, 11) is 1.39. The number of nitrogens with zero attached hydrogens (tertiary/aromatic N) is 5. The van der Waals surface area contributed by atoms with Gasteiger partial charge in [-0.1, -0.05) is 36.4 Å². The minimum atomic E-state index is -0.974. The van der Waals surface area contributed by atoms with Gasteiger partial charge in [-0.05, 0) is 78.0 Å². The zero-order valence-electron chi connectivity index (χ0n) is 27.2. The summed E-state index contributed by atoms with van der Waals surface area (Å²) >= 11 is 0. The molecule has 9 nitrogen and oxygen atoms in total. The summed E-state index contributed by atoms with van der Waals surface area (Å²) in [5.74, 6) is 0.333. The lowest BCUT2D eigenvalue weighted by Crippen LogP contribution is -2.45. The molecule has 236 valence electrons. The van der Waals surface area contributed by atoms with Crippen LogP contribution in [0.5, 0.6) is 0 Å². The maximum absolute atomic E-state index is 13.3. The van der Waals surface area contributed by atoms with E-state index in [2.05, 4.69) is 54.3 Å². The number of rotatable bonds is 3. The van der Waals surface area contributed by atoms with Gasteiger partial charge in [-0.15, -0.1) is 0 Å². The van der Waals surface area contributed by atoms with Crippen molar-refractivity contribution in [3.05, 3.63) is 77.8 Å². The number of carbonyl (C=O) groups is 1. The molecule has 9 heteroatoms. The number of fused-ring (bicyclic) bond motifs is 6. The highest BCUT2D eigenvalue weighted by Crippen LogP contribution is 2.39. The lowest BCUT2D eigenvalue weighted by molar-refractivity contribution is -0.164. The standard InChI is InChI=1S/C36H43N5O4/c1-24-31(32(34(42)43-6)45-35(2,3)4)33-40-19-16-36(5,17-20-40)44-21-9-7-8-15-28-27(14-11-18-37-28)25-12-10-13-26(22-25)29-23-30(38-24)41(33)39-29/h7,9-14,18,22-23,32H,8,15-17,19-21H2,1-6H3/b9-7+/t32-/m0/s1. The maximum Gasteiger partial charge on any atom is 0.339 e. The van der Waals surface area contributed by atoms with E-state index < -0.39 is 17.7 Å². The number of aryl methyl sites for hydroxylation is 2. The van der Waals surface area contributed by atoms with Crippen LogP contribution in [0.2, 0.25) is 0 Å². The highest BCUT2D eigenvalue weighted by atomic mass is 16.6. The summed E-state index contributed by atoms with van der Waals surface area (Å²) in [6.07, 6.45) is 8.56. The Balaban J connectivity index is 1.56. The molecule has 0 saturated carbocycles. The van der Waals surface area contributed by atoms with Gasteiger partial charge >= 0.3 is 5.97 Å². The van der Waals surface area contributed by atoms with Crippen LogP contribution in [0.4, 0.5) is 5.82 Å².